The van der Waals surface area contributed by atoms with Crippen LogP contribution < -0.4 is 0 Å². The number of nitro benzene ring substituents is 1. The Morgan fingerprint density at radius 3 is 2.38 bits per heavy atom. The number of carbonyl (C=O) groups excluding carboxylic acids is 2. The lowest BCUT2D eigenvalue weighted by atomic mass is 10.0. The van der Waals surface area contributed by atoms with E-state index < -0.39 is 4.92 Å². The van der Waals surface area contributed by atoms with Gasteiger partial charge in [0.25, 0.3) is 5.69 Å². The zero-order valence-corrected chi connectivity index (χ0v) is 13.1. The predicted octanol–water partition coefficient (Wildman–Crippen LogP) is 2.50. The van der Waals surface area contributed by atoms with Crippen LogP contribution in [-0.4, -0.2) is 21.6 Å². The van der Waals surface area contributed by atoms with Crippen LogP contribution >= 0.6 is 15.9 Å². The number of carbonyl (C=O) groups is 2. The molecule has 1 aliphatic heterocycles. The summed E-state index contributed by atoms with van der Waals surface area (Å²) in [6.45, 7) is 3.90. The van der Waals surface area contributed by atoms with E-state index in [4.69, 9.17) is 0 Å². The Morgan fingerprint density at radius 1 is 1.29 bits per heavy atom. The molecule has 1 aromatic carbocycles. The van der Waals surface area contributed by atoms with Gasteiger partial charge >= 0.3 is 0 Å². The smallest absolute Gasteiger partial charge is 0.278 e. The number of hydrogen-bond acceptors (Lipinski definition) is 4. The number of hydrogen-bond donors (Lipinski definition) is 0. The molecule has 6 nitrogen and oxygen atoms in total. The highest BCUT2D eigenvalue weighted by Crippen LogP contribution is 2.63. The van der Waals surface area contributed by atoms with E-state index in [-0.39, 0.29) is 41.3 Å². The minimum atomic E-state index is -0.498. The van der Waals surface area contributed by atoms with E-state index >= 15 is 0 Å². The Hall–Kier alpha value is -1.76. The number of piperidine rings is 1. The summed E-state index contributed by atoms with van der Waals surface area (Å²) in [7, 11) is 0. The van der Waals surface area contributed by atoms with Crippen molar-refractivity contribution < 1.29 is 14.5 Å². The lowest BCUT2D eigenvalue weighted by Crippen LogP contribution is -2.35. The number of amides is 2. The Kier molecular flexibility index (Phi) is 2.95. The van der Waals surface area contributed by atoms with Gasteiger partial charge in [0.15, 0.2) is 0 Å². The molecule has 2 amide bonds. The summed E-state index contributed by atoms with van der Waals surface area (Å²) >= 11 is 3.19. The maximum atomic E-state index is 12.3. The summed E-state index contributed by atoms with van der Waals surface area (Å²) in [4.78, 5) is 36.2. The van der Waals surface area contributed by atoms with Gasteiger partial charge in [-0.1, -0.05) is 26.0 Å². The van der Waals surface area contributed by atoms with Crippen molar-refractivity contribution in [2.24, 2.45) is 17.3 Å². The van der Waals surface area contributed by atoms with Gasteiger partial charge in [-0.3, -0.25) is 24.6 Å². The normalized spacial score (nSPS) is 26.0. The van der Waals surface area contributed by atoms with Crippen LogP contribution in [0.1, 0.15) is 19.4 Å². The second kappa shape index (κ2) is 4.37. The van der Waals surface area contributed by atoms with E-state index in [9.17, 15) is 19.7 Å². The van der Waals surface area contributed by atoms with E-state index in [1.54, 1.807) is 12.1 Å². The van der Waals surface area contributed by atoms with Crippen molar-refractivity contribution in [1.29, 1.82) is 0 Å². The fourth-order valence-electron chi connectivity index (χ4n) is 3.16. The molecule has 21 heavy (non-hydrogen) atoms. The van der Waals surface area contributed by atoms with Crippen LogP contribution in [0, 0.1) is 27.4 Å². The van der Waals surface area contributed by atoms with E-state index in [0.29, 0.717) is 10.0 Å². The molecule has 1 aromatic rings. The summed E-state index contributed by atoms with van der Waals surface area (Å²) in [5.41, 5.74) is 0.243. The average Bonchev–Trinajstić information content (AvgIpc) is 2.87. The third-order valence-electron chi connectivity index (χ3n) is 4.47. The lowest BCUT2D eigenvalue weighted by Gasteiger charge is -2.21. The monoisotopic (exact) mass is 352 g/mol. The largest absolute Gasteiger partial charge is 0.283 e. The quantitative estimate of drug-likeness (QED) is 0.475. The highest BCUT2D eigenvalue weighted by Gasteiger charge is 2.72. The molecule has 0 bridgehead atoms. The van der Waals surface area contributed by atoms with Gasteiger partial charge in [0, 0.05) is 6.07 Å². The SMILES string of the molecule is CC1(C)C2C(=O)N(Cc3cccc([N+](=O)[O-])c3Br)C(=O)C21. The van der Waals surface area contributed by atoms with E-state index in [0.717, 1.165) is 0 Å². The maximum Gasteiger partial charge on any atom is 0.283 e. The topological polar surface area (TPSA) is 80.5 Å². The van der Waals surface area contributed by atoms with Crippen LogP contribution in [0.5, 0.6) is 0 Å². The molecule has 110 valence electrons. The van der Waals surface area contributed by atoms with Gasteiger partial charge in [0.1, 0.15) is 4.47 Å². The van der Waals surface area contributed by atoms with Crippen LogP contribution in [-0.2, 0) is 16.1 Å². The summed E-state index contributed by atoms with van der Waals surface area (Å²) in [6, 6.07) is 4.60. The molecule has 7 heteroatoms. The molecule has 0 radical (unpaired) electrons. The second-order valence-corrected chi connectivity index (χ2v) is 6.84. The minimum Gasteiger partial charge on any atom is -0.278 e. The van der Waals surface area contributed by atoms with Crippen LogP contribution in [0.2, 0.25) is 0 Å². The standard InChI is InChI=1S/C14H13BrN2O4/c1-14(2)9-10(14)13(19)16(12(9)18)6-7-4-3-5-8(11(7)15)17(20)21/h3-5,9-10H,6H2,1-2H3. The highest BCUT2D eigenvalue weighted by molar-refractivity contribution is 9.10. The molecule has 0 N–H and O–H groups in total. The van der Waals surface area contributed by atoms with E-state index in [1.807, 2.05) is 13.8 Å². The van der Waals surface area contributed by atoms with Gasteiger partial charge in [-0.2, -0.15) is 0 Å². The van der Waals surface area contributed by atoms with Gasteiger partial charge in [-0.25, -0.2) is 0 Å². The van der Waals surface area contributed by atoms with Crippen molar-refractivity contribution in [2.75, 3.05) is 0 Å². The lowest BCUT2D eigenvalue weighted by molar-refractivity contribution is -0.385. The van der Waals surface area contributed by atoms with E-state index in [1.165, 1.54) is 11.0 Å². The summed E-state index contributed by atoms with van der Waals surface area (Å²) in [5.74, 6) is -0.813. The second-order valence-electron chi connectivity index (χ2n) is 6.05. The Labute approximate surface area is 129 Å². The molecule has 2 aliphatic rings. The third kappa shape index (κ3) is 1.91. The van der Waals surface area contributed by atoms with Crippen molar-refractivity contribution in [3.8, 4) is 0 Å². The first-order valence-corrected chi connectivity index (χ1v) is 7.33. The molecular formula is C14H13BrN2O4. The van der Waals surface area contributed by atoms with Crippen LogP contribution in [0.4, 0.5) is 5.69 Å². The first-order valence-electron chi connectivity index (χ1n) is 6.54. The molecule has 0 aromatic heterocycles. The van der Waals surface area contributed by atoms with Crippen LogP contribution in [0.15, 0.2) is 22.7 Å². The fourth-order valence-corrected chi connectivity index (χ4v) is 3.69. The summed E-state index contributed by atoms with van der Waals surface area (Å²) < 4.78 is 0.315. The number of rotatable bonds is 3. The Bertz CT molecular complexity index is 662. The number of halogens is 1. The van der Waals surface area contributed by atoms with Crippen molar-refractivity contribution in [2.45, 2.75) is 20.4 Å². The van der Waals surface area contributed by atoms with Gasteiger partial charge in [-0.15, -0.1) is 0 Å². The molecule has 1 aliphatic carbocycles. The van der Waals surface area contributed by atoms with Gasteiger partial charge in [0.05, 0.1) is 23.3 Å². The third-order valence-corrected chi connectivity index (χ3v) is 5.39. The zero-order valence-electron chi connectivity index (χ0n) is 11.5. The van der Waals surface area contributed by atoms with Crippen LogP contribution in [0.25, 0.3) is 0 Å². The van der Waals surface area contributed by atoms with E-state index in [2.05, 4.69) is 15.9 Å². The number of imide groups is 1. The molecule has 2 fully saturated rings. The first kappa shape index (κ1) is 14.2. The molecule has 0 spiro atoms. The zero-order chi connectivity index (χ0) is 15.5. The fraction of sp³-hybridized carbons (Fsp3) is 0.429. The minimum absolute atomic E-state index is 0.0721. The molecule has 1 saturated heterocycles. The molecular weight excluding hydrogens is 340 g/mol. The first-order chi connectivity index (χ1) is 9.76. The van der Waals surface area contributed by atoms with Gasteiger partial charge < -0.3 is 0 Å². The summed E-state index contributed by atoms with van der Waals surface area (Å²) in [5, 5.41) is 10.9. The summed E-state index contributed by atoms with van der Waals surface area (Å²) in [6.07, 6.45) is 0. The van der Waals surface area contributed by atoms with Crippen LogP contribution in [0.3, 0.4) is 0 Å². The number of nitro groups is 1. The number of benzene rings is 1. The highest BCUT2D eigenvalue weighted by atomic mass is 79.9. The molecule has 1 saturated carbocycles. The number of fused-ring (bicyclic) bond motifs is 1. The van der Waals surface area contributed by atoms with Crippen molar-refractivity contribution in [1.82, 2.24) is 4.90 Å². The predicted molar refractivity (Wildman–Crippen MR) is 77.1 cm³/mol. The number of likely N-dealkylation sites (tertiary alicyclic amines) is 1. The maximum absolute atomic E-state index is 12.3. The average molecular weight is 353 g/mol. The Morgan fingerprint density at radius 2 is 1.86 bits per heavy atom. The molecule has 3 rings (SSSR count). The van der Waals surface area contributed by atoms with Crippen molar-refractivity contribution in [3.05, 3.63) is 38.3 Å². The van der Waals surface area contributed by atoms with Crippen molar-refractivity contribution in [3.63, 3.8) is 0 Å². The molecule has 2 atom stereocenters. The molecule has 1 heterocycles. The Balaban J connectivity index is 1.87. The van der Waals surface area contributed by atoms with Crippen molar-refractivity contribution >= 4 is 33.4 Å². The molecule has 2 unspecified atom stereocenters. The van der Waals surface area contributed by atoms with Gasteiger partial charge in [0.2, 0.25) is 11.8 Å². The number of nitrogens with zero attached hydrogens (tertiary/aromatic N) is 2. The van der Waals surface area contributed by atoms with Gasteiger partial charge in [-0.05, 0) is 26.9 Å².